The number of rotatable bonds is 5. The van der Waals surface area contributed by atoms with Crippen LogP contribution in [0.25, 0.3) is 45.0 Å². The monoisotopic (exact) mass is 416 g/mol. The van der Waals surface area contributed by atoms with Crippen molar-refractivity contribution in [2.75, 3.05) is 0 Å². The smallest absolute Gasteiger partial charge is 0.141 e. The molecule has 1 aromatic heterocycles. The average molecular weight is 417 g/mol. The number of nitrogens with zero attached hydrogens (tertiary/aromatic N) is 2. The number of benzene rings is 4. The molecule has 5 rings (SSSR count). The third kappa shape index (κ3) is 3.58. The topological polar surface area (TPSA) is 38.0 Å². The molecular weight excluding hydrogens is 392 g/mol. The van der Waals surface area contributed by atoms with Crippen LogP contribution in [0.5, 0.6) is 5.75 Å². The maximum atomic E-state index is 10.1. The Hall–Kier alpha value is -4.11. The van der Waals surface area contributed by atoms with E-state index in [0.717, 1.165) is 51.6 Å². The van der Waals surface area contributed by atoms with E-state index in [1.54, 1.807) is 12.1 Å². The Kier molecular flexibility index (Phi) is 5.30. The molecule has 32 heavy (non-hydrogen) atoms. The normalized spacial score (nSPS) is 10.9. The van der Waals surface area contributed by atoms with E-state index in [0.29, 0.717) is 0 Å². The first-order chi connectivity index (χ1) is 15.8. The van der Waals surface area contributed by atoms with Crippen molar-refractivity contribution < 1.29 is 5.11 Å². The molecule has 0 aliphatic carbocycles. The maximum absolute atomic E-state index is 10.1. The quantitative estimate of drug-likeness (QED) is 0.327. The second-order valence-electron chi connectivity index (χ2n) is 7.70. The number of imidazole rings is 1. The van der Waals surface area contributed by atoms with Crippen LogP contribution in [0.1, 0.15) is 6.92 Å². The molecule has 0 saturated carbocycles. The summed E-state index contributed by atoms with van der Waals surface area (Å²) in [6.07, 6.45) is 0. The largest absolute Gasteiger partial charge is 0.508 e. The van der Waals surface area contributed by atoms with Gasteiger partial charge in [0.25, 0.3) is 0 Å². The zero-order valence-electron chi connectivity index (χ0n) is 17.9. The van der Waals surface area contributed by atoms with Crippen molar-refractivity contribution in [3.05, 3.63) is 109 Å². The summed E-state index contributed by atoms with van der Waals surface area (Å²) >= 11 is 0. The van der Waals surface area contributed by atoms with Gasteiger partial charge in [-0.2, -0.15) is 0 Å². The molecule has 4 aromatic carbocycles. The molecule has 0 saturated heterocycles. The first kappa shape index (κ1) is 19.8. The third-order valence-corrected chi connectivity index (χ3v) is 5.70. The first-order valence-electron chi connectivity index (χ1n) is 10.9. The fourth-order valence-electron chi connectivity index (χ4n) is 4.26. The Morgan fingerprint density at radius 3 is 1.91 bits per heavy atom. The number of hydrogen-bond acceptors (Lipinski definition) is 2. The lowest BCUT2D eigenvalue weighted by Crippen LogP contribution is -2.01. The summed E-state index contributed by atoms with van der Waals surface area (Å²) in [6.45, 7) is 2.94. The molecule has 5 aromatic rings. The van der Waals surface area contributed by atoms with E-state index in [2.05, 4.69) is 72.2 Å². The van der Waals surface area contributed by atoms with E-state index in [1.807, 2.05) is 36.4 Å². The molecule has 3 heteroatoms. The lowest BCUT2D eigenvalue weighted by atomic mass is 9.99. The van der Waals surface area contributed by atoms with Gasteiger partial charge in [0, 0.05) is 23.2 Å². The summed E-state index contributed by atoms with van der Waals surface area (Å²) in [4.78, 5) is 5.21. The molecule has 3 nitrogen and oxygen atoms in total. The Morgan fingerprint density at radius 1 is 0.656 bits per heavy atom. The minimum Gasteiger partial charge on any atom is -0.508 e. The van der Waals surface area contributed by atoms with Gasteiger partial charge in [-0.3, -0.25) is 0 Å². The zero-order chi connectivity index (χ0) is 21.9. The highest BCUT2D eigenvalue weighted by Gasteiger charge is 2.22. The van der Waals surface area contributed by atoms with Crippen molar-refractivity contribution in [3.8, 4) is 50.8 Å². The molecule has 156 valence electrons. The molecule has 0 aliphatic heterocycles. The Morgan fingerprint density at radius 2 is 1.25 bits per heavy atom. The van der Waals surface area contributed by atoms with Crippen LogP contribution in [-0.2, 0) is 6.54 Å². The highest BCUT2D eigenvalue weighted by atomic mass is 16.3. The standard InChI is InChI=1S/C29H24N2O/c1-2-31-28(22-14-7-4-8-15-22)27(21-12-5-3-6-13-21)30-29(31)26-19-10-9-18-25(26)23-16-11-17-24(32)20-23/h3-20,32H,2H2,1H3. The van der Waals surface area contributed by atoms with Crippen molar-refractivity contribution in [3.63, 3.8) is 0 Å². The minimum atomic E-state index is 0.256. The number of aromatic hydroxyl groups is 1. The Labute approximate surface area is 188 Å². The van der Waals surface area contributed by atoms with Crippen LogP contribution in [-0.4, -0.2) is 14.7 Å². The van der Waals surface area contributed by atoms with Crippen LogP contribution in [0.4, 0.5) is 0 Å². The van der Waals surface area contributed by atoms with Crippen LogP contribution in [0.2, 0.25) is 0 Å². The van der Waals surface area contributed by atoms with E-state index in [-0.39, 0.29) is 5.75 Å². The van der Waals surface area contributed by atoms with Crippen LogP contribution in [0, 0.1) is 0 Å². The Balaban J connectivity index is 1.80. The fraction of sp³-hybridized carbons (Fsp3) is 0.0690. The average Bonchev–Trinajstić information content (AvgIpc) is 3.25. The highest BCUT2D eigenvalue weighted by Crippen LogP contribution is 2.39. The summed E-state index contributed by atoms with van der Waals surface area (Å²) in [6, 6.07) is 36.5. The van der Waals surface area contributed by atoms with Gasteiger partial charge in [-0.15, -0.1) is 0 Å². The van der Waals surface area contributed by atoms with Gasteiger partial charge in [0.15, 0.2) is 0 Å². The second-order valence-corrected chi connectivity index (χ2v) is 7.70. The van der Waals surface area contributed by atoms with E-state index in [4.69, 9.17) is 4.98 Å². The lowest BCUT2D eigenvalue weighted by Gasteiger charge is -2.14. The fourth-order valence-corrected chi connectivity index (χ4v) is 4.26. The number of phenolic OH excluding ortho intramolecular Hbond substituents is 1. The van der Waals surface area contributed by atoms with Crippen LogP contribution >= 0.6 is 0 Å². The van der Waals surface area contributed by atoms with Gasteiger partial charge >= 0.3 is 0 Å². The van der Waals surface area contributed by atoms with Crippen LogP contribution in [0.3, 0.4) is 0 Å². The lowest BCUT2D eigenvalue weighted by molar-refractivity contribution is 0.475. The van der Waals surface area contributed by atoms with Gasteiger partial charge in [-0.25, -0.2) is 4.98 Å². The van der Waals surface area contributed by atoms with Gasteiger partial charge < -0.3 is 9.67 Å². The van der Waals surface area contributed by atoms with Crippen molar-refractivity contribution in [1.29, 1.82) is 0 Å². The predicted molar refractivity (Wildman–Crippen MR) is 131 cm³/mol. The van der Waals surface area contributed by atoms with Gasteiger partial charge in [-0.1, -0.05) is 97.1 Å². The van der Waals surface area contributed by atoms with Crippen LogP contribution in [0.15, 0.2) is 109 Å². The van der Waals surface area contributed by atoms with E-state index < -0.39 is 0 Å². The molecule has 0 spiro atoms. The van der Waals surface area contributed by atoms with E-state index >= 15 is 0 Å². The van der Waals surface area contributed by atoms with Crippen molar-refractivity contribution in [1.82, 2.24) is 9.55 Å². The molecule has 0 amide bonds. The number of phenols is 1. The zero-order valence-corrected chi connectivity index (χ0v) is 17.9. The molecule has 0 bridgehead atoms. The summed E-state index contributed by atoms with van der Waals surface area (Å²) in [5.74, 6) is 1.18. The molecule has 0 fully saturated rings. The Bertz CT molecular complexity index is 1350. The summed E-state index contributed by atoms with van der Waals surface area (Å²) < 4.78 is 2.29. The second kappa shape index (κ2) is 8.56. The molecule has 0 aliphatic rings. The SMILES string of the molecule is CCn1c(-c2ccccc2-c2cccc(O)c2)nc(-c2ccccc2)c1-c1ccccc1. The summed E-state index contributed by atoms with van der Waals surface area (Å²) in [7, 11) is 0. The molecule has 1 heterocycles. The van der Waals surface area contributed by atoms with E-state index in [9.17, 15) is 5.11 Å². The van der Waals surface area contributed by atoms with Crippen molar-refractivity contribution in [2.45, 2.75) is 13.5 Å². The maximum Gasteiger partial charge on any atom is 0.141 e. The minimum absolute atomic E-state index is 0.256. The molecule has 0 unspecified atom stereocenters. The van der Waals surface area contributed by atoms with Crippen LogP contribution < -0.4 is 0 Å². The summed E-state index contributed by atoms with van der Waals surface area (Å²) in [5, 5.41) is 10.1. The molecular formula is C29H24N2O. The van der Waals surface area contributed by atoms with Gasteiger partial charge in [0.2, 0.25) is 0 Å². The van der Waals surface area contributed by atoms with Crippen molar-refractivity contribution >= 4 is 0 Å². The number of aromatic nitrogens is 2. The molecule has 0 atom stereocenters. The summed E-state index contributed by atoms with van der Waals surface area (Å²) in [5.41, 5.74) is 7.37. The first-order valence-corrected chi connectivity index (χ1v) is 10.9. The predicted octanol–water partition coefficient (Wildman–Crippen LogP) is 7.28. The van der Waals surface area contributed by atoms with Gasteiger partial charge in [0.05, 0.1) is 11.4 Å². The van der Waals surface area contributed by atoms with E-state index in [1.165, 1.54) is 0 Å². The number of hydrogen-bond donors (Lipinski definition) is 1. The molecule has 0 radical (unpaired) electrons. The highest BCUT2D eigenvalue weighted by molar-refractivity contribution is 5.87. The van der Waals surface area contributed by atoms with Crippen molar-refractivity contribution in [2.24, 2.45) is 0 Å². The third-order valence-electron chi connectivity index (χ3n) is 5.70. The van der Waals surface area contributed by atoms with Gasteiger partial charge in [0.1, 0.15) is 11.6 Å². The molecule has 1 N–H and O–H groups in total. The van der Waals surface area contributed by atoms with Gasteiger partial charge in [-0.05, 0) is 30.2 Å².